The molecule has 3 nitrogen and oxygen atoms in total. The summed E-state index contributed by atoms with van der Waals surface area (Å²) in [7, 11) is -4.51. The summed E-state index contributed by atoms with van der Waals surface area (Å²) >= 11 is 0. The molecule has 0 aliphatic heterocycles. The molecule has 0 aromatic carbocycles. The van der Waals surface area contributed by atoms with Crippen LogP contribution >= 0.6 is 0 Å². The summed E-state index contributed by atoms with van der Waals surface area (Å²) in [4.78, 5) is 0. The molecule has 0 bridgehead atoms. The van der Waals surface area contributed by atoms with E-state index in [0.29, 0.717) is 12.8 Å². The molecule has 2 unspecified atom stereocenters. The zero-order chi connectivity index (χ0) is 10.5. The molecular formula is C8H19CaFO3S. The van der Waals surface area contributed by atoms with Crippen LogP contribution in [-0.2, 0) is 10.1 Å². The molecule has 0 aliphatic carbocycles. The predicted molar refractivity (Wildman–Crippen MR) is 57.7 cm³/mol. The van der Waals surface area contributed by atoms with Gasteiger partial charge >= 0.3 is 37.7 Å². The number of rotatable bonds is 6. The third kappa shape index (κ3) is 6.56. The third-order valence-electron chi connectivity index (χ3n) is 2.11. The van der Waals surface area contributed by atoms with E-state index in [1.165, 1.54) is 0 Å². The van der Waals surface area contributed by atoms with Crippen molar-refractivity contribution in [2.24, 2.45) is 5.92 Å². The maximum absolute atomic E-state index is 13.1. The minimum Gasteiger partial charge on any atom is -1.00 e. The Morgan fingerprint density at radius 2 is 1.93 bits per heavy atom. The second-order valence-corrected chi connectivity index (χ2v) is 4.66. The maximum atomic E-state index is 13.1. The van der Waals surface area contributed by atoms with Crippen molar-refractivity contribution < 1.29 is 20.2 Å². The number of halogens is 1. The first-order valence-corrected chi connectivity index (χ1v) is 6.04. The van der Waals surface area contributed by atoms with Gasteiger partial charge in [0.2, 0.25) is 5.50 Å². The van der Waals surface area contributed by atoms with Gasteiger partial charge < -0.3 is 2.85 Å². The molecule has 0 heterocycles. The Balaban J connectivity index is -0.000000240. The summed E-state index contributed by atoms with van der Waals surface area (Å²) in [6.45, 7) is 3.67. The second kappa shape index (κ2) is 8.27. The van der Waals surface area contributed by atoms with Gasteiger partial charge in [-0.3, -0.25) is 4.55 Å². The molecule has 2 atom stereocenters. The zero-order valence-corrected chi connectivity index (χ0v) is 11.8. The number of unbranched alkanes of at least 4 members (excludes halogenated alkanes) is 1. The van der Waals surface area contributed by atoms with Crippen LogP contribution in [0.2, 0.25) is 0 Å². The van der Waals surface area contributed by atoms with Crippen molar-refractivity contribution >= 4 is 47.9 Å². The van der Waals surface area contributed by atoms with Gasteiger partial charge in [-0.05, 0) is 12.8 Å². The van der Waals surface area contributed by atoms with Gasteiger partial charge in [-0.25, -0.2) is 4.39 Å². The minimum absolute atomic E-state index is 0. The monoisotopic (exact) mass is 254 g/mol. The molecule has 0 saturated carbocycles. The van der Waals surface area contributed by atoms with Crippen LogP contribution in [0.4, 0.5) is 4.39 Å². The fraction of sp³-hybridized carbons (Fsp3) is 1.00. The average molecular weight is 254 g/mol. The van der Waals surface area contributed by atoms with Gasteiger partial charge in [0.15, 0.2) is 0 Å². The van der Waals surface area contributed by atoms with Crippen molar-refractivity contribution in [3.8, 4) is 0 Å². The van der Waals surface area contributed by atoms with E-state index in [1.807, 2.05) is 6.92 Å². The maximum Gasteiger partial charge on any atom is 2.00 e. The fourth-order valence-electron chi connectivity index (χ4n) is 1.23. The molecule has 6 heteroatoms. The first-order valence-electron chi connectivity index (χ1n) is 4.53. The Hall–Kier alpha value is 1.10. The molecule has 0 aromatic rings. The van der Waals surface area contributed by atoms with Gasteiger partial charge in [0.05, 0.1) is 0 Å². The number of hydrogen-bond acceptors (Lipinski definition) is 2. The fourth-order valence-corrected chi connectivity index (χ4v) is 2.04. The van der Waals surface area contributed by atoms with Crippen LogP contribution < -0.4 is 0 Å². The first-order chi connectivity index (χ1) is 5.93. The summed E-state index contributed by atoms with van der Waals surface area (Å²) in [6.07, 6.45) is 2.62. The number of hydrogen-bond donors (Lipinski definition) is 1. The number of alkyl halides is 1. The standard InChI is InChI=1S/C8H17FO3S.Ca.2H/c1-3-5-6-7(4-2)8(9)13(10,11)12;;;/h7-8H,3-6H2,1-2H3,(H,10,11,12);;;/q;+2;2*-1. The van der Waals surface area contributed by atoms with Crippen molar-refractivity contribution in [1.82, 2.24) is 0 Å². The first kappa shape index (κ1) is 17.5. The van der Waals surface area contributed by atoms with Crippen LogP contribution in [0.3, 0.4) is 0 Å². The summed E-state index contributed by atoms with van der Waals surface area (Å²) in [5, 5.41) is 0. The molecule has 0 rings (SSSR count). The van der Waals surface area contributed by atoms with Gasteiger partial charge in [-0.1, -0.05) is 26.7 Å². The largest absolute Gasteiger partial charge is 2.00 e. The summed E-state index contributed by atoms with van der Waals surface area (Å²) < 4.78 is 42.5. The van der Waals surface area contributed by atoms with E-state index in [9.17, 15) is 12.8 Å². The van der Waals surface area contributed by atoms with Gasteiger partial charge in [0, 0.05) is 5.92 Å². The Labute approximate surface area is 118 Å². The van der Waals surface area contributed by atoms with Gasteiger partial charge in [0.1, 0.15) is 0 Å². The molecule has 14 heavy (non-hydrogen) atoms. The normalized spacial score (nSPS) is 15.7. The second-order valence-electron chi connectivity index (χ2n) is 3.18. The van der Waals surface area contributed by atoms with Crippen molar-refractivity contribution in [1.29, 1.82) is 0 Å². The smallest absolute Gasteiger partial charge is 1.00 e. The Morgan fingerprint density at radius 3 is 2.21 bits per heavy atom. The van der Waals surface area contributed by atoms with E-state index in [1.54, 1.807) is 6.92 Å². The van der Waals surface area contributed by atoms with E-state index in [4.69, 9.17) is 4.55 Å². The molecule has 84 valence electrons. The van der Waals surface area contributed by atoms with Gasteiger partial charge in [-0.15, -0.1) is 0 Å². The SMILES string of the molecule is CCCCC(CC)C(F)S(=O)(=O)O.[Ca+2].[H-].[H-]. The van der Waals surface area contributed by atoms with Gasteiger partial charge in [-0.2, -0.15) is 8.42 Å². The average Bonchev–Trinajstić information content (AvgIpc) is 2.04. The predicted octanol–water partition coefficient (Wildman–Crippen LogP) is 2.23. The van der Waals surface area contributed by atoms with Crippen LogP contribution in [0, 0.1) is 5.92 Å². The van der Waals surface area contributed by atoms with Crippen LogP contribution in [0.5, 0.6) is 0 Å². The van der Waals surface area contributed by atoms with Crippen molar-refractivity contribution in [3.63, 3.8) is 0 Å². The van der Waals surface area contributed by atoms with Crippen molar-refractivity contribution in [3.05, 3.63) is 0 Å². The summed E-state index contributed by atoms with van der Waals surface area (Å²) in [5.74, 6) is -0.574. The molecule has 0 saturated heterocycles. The molecule has 0 aliphatic rings. The minimum atomic E-state index is -4.51. The van der Waals surface area contributed by atoms with E-state index >= 15 is 0 Å². The Bertz CT molecular complexity index is 239. The van der Waals surface area contributed by atoms with E-state index < -0.39 is 21.5 Å². The summed E-state index contributed by atoms with van der Waals surface area (Å²) in [6, 6.07) is 0. The molecule has 1 N–H and O–H groups in total. The molecule has 0 radical (unpaired) electrons. The Kier molecular flexibility index (Phi) is 10.3. The van der Waals surface area contributed by atoms with Crippen LogP contribution in [-0.4, -0.2) is 56.2 Å². The van der Waals surface area contributed by atoms with E-state index in [0.717, 1.165) is 12.8 Å². The van der Waals surface area contributed by atoms with Crippen molar-refractivity contribution in [2.45, 2.75) is 45.0 Å². The quantitative estimate of drug-likeness (QED) is 0.584. The molecule has 0 aromatic heterocycles. The third-order valence-corrected chi connectivity index (χ3v) is 3.06. The van der Waals surface area contributed by atoms with Gasteiger partial charge in [0.25, 0.3) is 10.1 Å². The zero-order valence-electron chi connectivity index (χ0n) is 10.7. The van der Waals surface area contributed by atoms with Crippen molar-refractivity contribution in [2.75, 3.05) is 0 Å². The molecule has 0 amide bonds. The summed E-state index contributed by atoms with van der Waals surface area (Å²) in [5.41, 5.74) is -2.12. The molecular weight excluding hydrogens is 235 g/mol. The van der Waals surface area contributed by atoms with Crippen LogP contribution in [0.25, 0.3) is 0 Å². The molecule has 0 spiro atoms. The Morgan fingerprint density at radius 1 is 1.43 bits per heavy atom. The van der Waals surface area contributed by atoms with Crippen LogP contribution in [0.15, 0.2) is 0 Å². The molecule has 0 fully saturated rings. The van der Waals surface area contributed by atoms with E-state index in [-0.39, 0.29) is 40.6 Å². The van der Waals surface area contributed by atoms with E-state index in [2.05, 4.69) is 0 Å². The van der Waals surface area contributed by atoms with Crippen LogP contribution in [0.1, 0.15) is 42.4 Å². The topological polar surface area (TPSA) is 54.4 Å².